The van der Waals surface area contributed by atoms with Crippen molar-refractivity contribution in [3.63, 3.8) is 0 Å². The number of alkyl halides is 5. The molecular formula is C34H41BrF6N6O6S2. The minimum absolute atomic E-state index is 0.0816. The summed E-state index contributed by atoms with van der Waals surface area (Å²) in [6.07, 6.45) is 6.67. The van der Waals surface area contributed by atoms with Gasteiger partial charge in [0, 0.05) is 40.6 Å². The predicted molar refractivity (Wildman–Crippen MR) is 194 cm³/mol. The molecule has 2 heterocycles. The van der Waals surface area contributed by atoms with Gasteiger partial charge in [0.05, 0.1) is 12.5 Å². The molecule has 0 unspecified atom stereocenters. The van der Waals surface area contributed by atoms with Gasteiger partial charge in [-0.25, -0.2) is 30.3 Å². The van der Waals surface area contributed by atoms with E-state index >= 15 is 0 Å². The Hall–Kier alpha value is -3.40. The van der Waals surface area contributed by atoms with E-state index in [1.165, 1.54) is 47.3 Å². The van der Waals surface area contributed by atoms with Crippen molar-refractivity contribution >= 4 is 36.0 Å². The zero-order valence-corrected chi connectivity index (χ0v) is 33.1. The lowest BCUT2D eigenvalue weighted by atomic mass is 9.95. The molecule has 4 aromatic rings. The van der Waals surface area contributed by atoms with Gasteiger partial charge in [-0.05, 0) is 55.5 Å². The van der Waals surface area contributed by atoms with Crippen LogP contribution in [0.15, 0.2) is 45.2 Å². The second-order valence-corrected chi connectivity index (χ2v) is 17.3. The molecule has 2 aliphatic carbocycles. The molecule has 21 heteroatoms. The lowest BCUT2D eigenvalue weighted by Crippen LogP contribution is -2.40. The van der Waals surface area contributed by atoms with Crippen LogP contribution in [0.5, 0.6) is 0 Å². The average molecular weight is 888 g/mol. The predicted octanol–water partition coefficient (Wildman–Crippen LogP) is 8.48. The fourth-order valence-electron chi connectivity index (χ4n) is 6.05. The average Bonchev–Trinajstić information content (AvgIpc) is 3.83. The van der Waals surface area contributed by atoms with E-state index in [2.05, 4.69) is 41.0 Å². The molecule has 2 fully saturated rings. The van der Waals surface area contributed by atoms with Gasteiger partial charge in [-0.1, -0.05) is 66.6 Å². The van der Waals surface area contributed by atoms with E-state index in [0.717, 1.165) is 70.1 Å². The van der Waals surface area contributed by atoms with Crippen LogP contribution in [0, 0.1) is 11.6 Å². The first-order chi connectivity index (χ1) is 25.9. The number of nitrogens with zero attached hydrogens (tertiary/aromatic N) is 5. The normalized spacial score (nSPS) is 15.9. The van der Waals surface area contributed by atoms with Crippen LogP contribution in [-0.4, -0.2) is 66.1 Å². The van der Waals surface area contributed by atoms with E-state index in [-0.39, 0.29) is 47.1 Å². The number of aromatic nitrogens is 4. The van der Waals surface area contributed by atoms with E-state index in [0.29, 0.717) is 10.9 Å². The molecular weight excluding hydrogens is 846 g/mol. The molecule has 6 rings (SSSR count). The molecule has 0 amide bonds. The summed E-state index contributed by atoms with van der Waals surface area (Å²) in [6, 6.07) is 8.23. The lowest BCUT2D eigenvalue weighted by Gasteiger charge is -2.32. The van der Waals surface area contributed by atoms with Crippen LogP contribution in [0.1, 0.15) is 100.0 Å². The molecule has 12 nitrogen and oxygen atoms in total. The Bertz CT molecular complexity index is 2060. The SMILES string of the molecule is CS(=O)(=O)N(Cc1ccc(-c2nnc(C(F)F)o2)cc1F)C1CCCCC1.CS(=O)(=O)NC1CCCCC1.Fc1cc(-c2nnc(C(F)F)o2)ccc1CBr. The van der Waals surface area contributed by atoms with Crippen LogP contribution in [0.4, 0.5) is 26.3 Å². The van der Waals surface area contributed by atoms with Gasteiger partial charge < -0.3 is 8.83 Å². The lowest BCUT2D eigenvalue weighted by molar-refractivity contribution is 0.115. The molecule has 1 N–H and O–H groups in total. The van der Waals surface area contributed by atoms with Crippen molar-refractivity contribution < 1.29 is 52.0 Å². The van der Waals surface area contributed by atoms with Gasteiger partial charge in [-0.3, -0.25) is 0 Å². The topological polar surface area (TPSA) is 161 Å². The Kier molecular flexibility index (Phi) is 16.2. The molecule has 0 saturated heterocycles. The van der Waals surface area contributed by atoms with Gasteiger partial charge in [0.15, 0.2) is 0 Å². The van der Waals surface area contributed by atoms with Gasteiger partial charge in [0.25, 0.3) is 11.8 Å². The Balaban J connectivity index is 0.000000204. The quantitative estimate of drug-likeness (QED) is 0.114. The van der Waals surface area contributed by atoms with Gasteiger partial charge in [0.1, 0.15) is 11.6 Å². The molecule has 55 heavy (non-hydrogen) atoms. The second-order valence-electron chi connectivity index (χ2n) is 13.1. The van der Waals surface area contributed by atoms with Gasteiger partial charge in [0.2, 0.25) is 31.8 Å². The summed E-state index contributed by atoms with van der Waals surface area (Å²) in [5, 5.41) is 13.7. The maximum Gasteiger partial charge on any atom is 0.314 e. The highest BCUT2D eigenvalue weighted by molar-refractivity contribution is 9.08. The summed E-state index contributed by atoms with van der Waals surface area (Å²) in [6.45, 7) is -0.0816. The molecule has 0 atom stereocenters. The first-order valence-corrected chi connectivity index (χ1v) is 22.1. The molecule has 0 radical (unpaired) electrons. The van der Waals surface area contributed by atoms with Crippen LogP contribution in [0.3, 0.4) is 0 Å². The molecule has 0 aliphatic heterocycles. The molecule has 2 aromatic heterocycles. The molecule has 2 aliphatic rings. The minimum atomic E-state index is -3.51. The van der Waals surface area contributed by atoms with Crippen LogP contribution < -0.4 is 4.72 Å². The number of hydrogen-bond acceptors (Lipinski definition) is 10. The number of benzene rings is 2. The number of sulfonamides is 2. The van der Waals surface area contributed by atoms with E-state index in [1.807, 2.05) is 0 Å². The fraction of sp³-hybridized carbons (Fsp3) is 0.529. The Morgan fingerprint density at radius 3 is 1.56 bits per heavy atom. The Labute approximate surface area is 323 Å². The monoisotopic (exact) mass is 886 g/mol. The highest BCUT2D eigenvalue weighted by atomic mass is 79.9. The molecule has 304 valence electrons. The van der Waals surface area contributed by atoms with Crippen molar-refractivity contribution in [2.75, 3.05) is 12.5 Å². The van der Waals surface area contributed by atoms with E-state index in [4.69, 9.17) is 8.83 Å². The molecule has 0 bridgehead atoms. The van der Waals surface area contributed by atoms with Crippen LogP contribution in [0.2, 0.25) is 0 Å². The van der Waals surface area contributed by atoms with Gasteiger partial charge >= 0.3 is 12.9 Å². The third kappa shape index (κ3) is 13.6. The molecule has 2 aromatic carbocycles. The second kappa shape index (κ2) is 20.1. The third-order valence-electron chi connectivity index (χ3n) is 8.72. The molecule has 0 spiro atoms. The highest BCUT2D eigenvalue weighted by Crippen LogP contribution is 2.29. The summed E-state index contributed by atoms with van der Waals surface area (Å²) < 4.78 is 137. The van der Waals surface area contributed by atoms with E-state index < -0.39 is 56.3 Å². The highest BCUT2D eigenvalue weighted by Gasteiger charge is 2.29. The summed E-state index contributed by atoms with van der Waals surface area (Å²) in [5.74, 6) is -3.08. The Morgan fingerprint density at radius 1 is 0.727 bits per heavy atom. The van der Waals surface area contributed by atoms with Crippen molar-refractivity contribution in [3.8, 4) is 22.9 Å². The van der Waals surface area contributed by atoms with E-state index in [1.54, 1.807) is 0 Å². The first kappa shape index (κ1) is 44.3. The Morgan fingerprint density at radius 2 is 1.18 bits per heavy atom. The van der Waals surface area contributed by atoms with Gasteiger partial charge in [-0.15, -0.1) is 20.4 Å². The maximum atomic E-state index is 14.6. The van der Waals surface area contributed by atoms with Crippen LogP contribution >= 0.6 is 15.9 Å². The number of halogens is 7. The third-order valence-corrected chi connectivity index (χ3v) is 11.4. The van der Waals surface area contributed by atoms with Gasteiger partial charge in [-0.2, -0.15) is 21.9 Å². The zero-order chi connectivity index (χ0) is 40.3. The molecule has 2 saturated carbocycles. The fourth-order valence-corrected chi connectivity index (χ4v) is 8.48. The van der Waals surface area contributed by atoms with Crippen LogP contribution in [-0.2, 0) is 31.9 Å². The number of hydrogen-bond donors (Lipinski definition) is 1. The summed E-state index contributed by atoms with van der Waals surface area (Å²) >= 11 is 3.12. The summed E-state index contributed by atoms with van der Waals surface area (Å²) in [7, 11) is -6.48. The van der Waals surface area contributed by atoms with E-state index in [9.17, 15) is 43.2 Å². The minimum Gasteiger partial charge on any atom is -0.415 e. The van der Waals surface area contributed by atoms with Crippen LogP contribution in [0.25, 0.3) is 22.9 Å². The summed E-state index contributed by atoms with van der Waals surface area (Å²) in [4.78, 5) is 0. The zero-order valence-electron chi connectivity index (χ0n) is 29.9. The summed E-state index contributed by atoms with van der Waals surface area (Å²) in [5.41, 5.74) is 1.08. The van der Waals surface area contributed by atoms with Crippen molar-refractivity contribution in [2.45, 2.75) is 101 Å². The van der Waals surface area contributed by atoms with Crippen molar-refractivity contribution in [2.24, 2.45) is 0 Å². The smallest absolute Gasteiger partial charge is 0.314 e. The first-order valence-electron chi connectivity index (χ1n) is 17.3. The van der Waals surface area contributed by atoms with Crippen molar-refractivity contribution in [1.82, 2.24) is 29.4 Å². The van der Waals surface area contributed by atoms with Crippen molar-refractivity contribution in [3.05, 3.63) is 70.9 Å². The van der Waals surface area contributed by atoms with Crippen molar-refractivity contribution in [1.29, 1.82) is 0 Å². The largest absolute Gasteiger partial charge is 0.415 e. The number of rotatable bonds is 11. The number of nitrogens with one attached hydrogen (secondary N) is 1. The standard InChI is InChI=1S/C17H20F3N3O3S.C10H6BrF3N2O.C7H15NO2S/c1-27(24,25)23(13-5-3-2-4-6-13)10-12-8-7-11(9-14(12)18)16-21-22-17(26-16)15(19)20;11-4-6-2-1-5(3-7(6)12)9-15-16-10(17-9)8(13)14;1-11(9,10)8-7-5-3-2-4-6-7/h7-9,13,15H,2-6,10H2,1H3;1-3,8H,4H2;7-8H,2-6H2,1H3. The maximum absolute atomic E-state index is 14.6.